The number of aliphatic hydroxyl groups excluding tert-OH is 1. The minimum Gasteiger partial charge on any atom is -0.498 e. The van der Waals surface area contributed by atoms with Crippen molar-refractivity contribution in [3.05, 3.63) is 42.2 Å². The van der Waals surface area contributed by atoms with E-state index in [1.807, 2.05) is 19.9 Å². The van der Waals surface area contributed by atoms with Crippen LogP contribution in [0.5, 0.6) is 0 Å². The van der Waals surface area contributed by atoms with Crippen LogP contribution < -0.4 is 5.32 Å². The molecule has 0 unspecified atom stereocenters. The Hall–Kier alpha value is -3.40. The highest BCUT2D eigenvalue weighted by Crippen LogP contribution is 2.20. The number of carbonyl (C=O) groups excluding carboxylic acids is 3. The third-order valence-corrected chi connectivity index (χ3v) is 6.12. The molecule has 0 atom stereocenters. The number of rotatable bonds is 22. The topological polar surface area (TPSA) is 133 Å². The van der Waals surface area contributed by atoms with Crippen molar-refractivity contribution < 1.29 is 38.4 Å². The Balaban J connectivity index is 0. The molecule has 0 aliphatic carbocycles. The fraction of sp³-hybridized carbons (Fsp3) is 0.667. The van der Waals surface area contributed by atoms with Crippen LogP contribution in [0.1, 0.15) is 129 Å². The first-order valence-electron chi connectivity index (χ1n) is 17.0. The van der Waals surface area contributed by atoms with Crippen LogP contribution in [-0.2, 0) is 28.5 Å². The van der Waals surface area contributed by atoms with E-state index in [4.69, 9.17) is 19.3 Å². The first-order chi connectivity index (χ1) is 22.2. The molecule has 1 aromatic carbocycles. The number of carbonyl (C=O) groups is 3. The highest BCUT2D eigenvalue weighted by molar-refractivity contribution is 6.01. The van der Waals surface area contributed by atoms with Gasteiger partial charge >= 0.3 is 11.9 Å². The molecule has 10 heteroatoms. The molecule has 0 aromatic heterocycles. The summed E-state index contributed by atoms with van der Waals surface area (Å²) in [4.78, 5) is 39.7. The van der Waals surface area contributed by atoms with Gasteiger partial charge in [0.05, 0.1) is 43.4 Å². The van der Waals surface area contributed by atoms with Gasteiger partial charge in [0.2, 0.25) is 0 Å². The van der Waals surface area contributed by atoms with Crippen molar-refractivity contribution in [3.63, 3.8) is 0 Å². The van der Waals surface area contributed by atoms with Crippen molar-refractivity contribution in [2.75, 3.05) is 39.6 Å². The fourth-order valence-corrected chi connectivity index (χ4v) is 4.06. The molecule has 46 heavy (non-hydrogen) atoms. The van der Waals surface area contributed by atoms with Crippen LogP contribution in [0.2, 0.25) is 0 Å². The number of ether oxygens (including phenoxy) is 4. The molecule has 0 saturated carbocycles. The molecule has 0 fully saturated rings. The van der Waals surface area contributed by atoms with E-state index in [-0.39, 0.29) is 37.2 Å². The average Bonchev–Trinajstić information content (AvgIpc) is 3.01. The van der Waals surface area contributed by atoms with Gasteiger partial charge in [-0.05, 0) is 53.2 Å². The smallest absolute Gasteiger partial charge is 0.315 e. The monoisotopic (exact) mass is 650 g/mol. The second kappa shape index (κ2) is 33.0. The van der Waals surface area contributed by atoms with Crippen LogP contribution in [0.4, 0.5) is 5.69 Å². The molecule has 1 rings (SSSR count). The van der Waals surface area contributed by atoms with Gasteiger partial charge in [-0.1, -0.05) is 83.4 Å². The highest BCUT2D eigenvalue weighted by atomic mass is 16.5. The SMILES string of the molecule is C=C(CC(=O)OCC)OCC.CCCCCCCCCCCCNC(=O)c1ccccc1N=C(CC(=O)OCC)OCC.CCO. The highest BCUT2D eigenvalue weighted by Gasteiger charge is 2.14. The number of amides is 1. The van der Waals surface area contributed by atoms with Gasteiger partial charge in [-0.2, -0.15) is 0 Å². The van der Waals surface area contributed by atoms with Crippen molar-refractivity contribution >= 4 is 29.4 Å². The number of esters is 2. The predicted octanol–water partition coefficient (Wildman–Crippen LogP) is 7.85. The largest absolute Gasteiger partial charge is 0.498 e. The molecule has 10 nitrogen and oxygen atoms in total. The van der Waals surface area contributed by atoms with Crippen LogP contribution in [-0.4, -0.2) is 68.4 Å². The third-order valence-electron chi connectivity index (χ3n) is 6.12. The average molecular weight is 651 g/mol. The second-order valence-electron chi connectivity index (χ2n) is 10.1. The molecule has 0 spiro atoms. The normalized spacial score (nSPS) is 10.4. The lowest BCUT2D eigenvalue weighted by atomic mass is 10.1. The molecule has 1 aromatic rings. The van der Waals surface area contributed by atoms with E-state index in [1.165, 1.54) is 51.4 Å². The lowest BCUT2D eigenvalue weighted by Gasteiger charge is -2.10. The number of nitrogens with one attached hydrogen (secondary N) is 1. The number of para-hydroxylation sites is 1. The Morgan fingerprint density at radius 3 is 1.70 bits per heavy atom. The van der Waals surface area contributed by atoms with Gasteiger partial charge in [0, 0.05) is 13.2 Å². The van der Waals surface area contributed by atoms with Gasteiger partial charge in [-0.15, -0.1) is 0 Å². The van der Waals surface area contributed by atoms with E-state index in [0.717, 1.165) is 12.8 Å². The molecule has 0 aliphatic rings. The van der Waals surface area contributed by atoms with Gasteiger partial charge < -0.3 is 29.4 Å². The van der Waals surface area contributed by atoms with Gasteiger partial charge in [0.15, 0.2) is 5.90 Å². The van der Waals surface area contributed by atoms with Crippen LogP contribution >= 0.6 is 0 Å². The van der Waals surface area contributed by atoms with Crippen LogP contribution in [0.3, 0.4) is 0 Å². The summed E-state index contributed by atoms with van der Waals surface area (Å²) in [5.41, 5.74) is 0.960. The number of hydrogen-bond donors (Lipinski definition) is 2. The molecule has 0 aliphatic heterocycles. The summed E-state index contributed by atoms with van der Waals surface area (Å²) in [6.45, 7) is 17.2. The van der Waals surface area contributed by atoms with E-state index >= 15 is 0 Å². The van der Waals surface area contributed by atoms with Crippen molar-refractivity contribution in [2.45, 2.75) is 119 Å². The number of aliphatic hydroxyl groups is 1. The molecular weight excluding hydrogens is 588 g/mol. The summed E-state index contributed by atoms with van der Waals surface area (Å²) >= 11 is 0. The summed E-state index contributed by atoms with van der Waals surface area (Å²) in [6, 6.07) is 7.10. The summed E-state index contributed by atoms with van der Waals surface area (Å²) in [6.07, 6.45) is 12.7. The van der Waals surface area contributed by atoms with Gasteiger partial charge in [0.25, 0.3) is 5.91 Å². The molecule has 264 valence electrons. The fourth-order valence-electron chi connectivity index (χ4n) is 4.06. The Bertz CT molecular complexity index is 949. The van der Waals surface area contributed by atoms with Crippen molar-refractivity contribution in [2.24, 2.45) is 4.99 Å². The number of hydrogen-bond acceptors (Lipinski definition) is 9. The Morgan fingerprint density at radius 1 is 0.696 bits per heavy atom. The first-order valence-corrected chi connectivity index (χ1v) is 17.0. The Kier molecular flexibility index (Phi) is 32.1. The zero-order chi connectivity index (χ0) is 34.8. The van der Waals surface area contributed by atoms with Crippen molar-refractivity contribution in [1.29, 1.82) is 0 Å². The first kappa shape index (κ1) is 44.7. The predicted molar refractivity (Wildman–Crippen MR) is 185 cm³/mol. The molecule has 1 amide bonds. The third kappa shape index (κ3) is 27.0. The minimum atomic E-state index is -0.400. The molecule has 0 heterocycles. The van der Waals surface area contributed by atoms with E-state index in [1.54, 1.807) is 39.0 Å². The molecular formula is C36H62N2O8. The maximum Gasteiger partial charge on any atom is 0.315 e. The van der Waals surface area contributed by atoms with Crippen LogP contribution in [0, 0.1) is 0 Å². The number of unbranched alkanes of at least 4 members (excludes halogenated alkanes) is 9. The molecule has 2 N–H and O–H groups in total. The zero-order valence-corrected chi connectivity index (χ0v) is 29.5. The summed E-state index contributed by atoms with van der Waals surface area (Å²) < 4.78 is 20.1. The van der Waals surface area contributed by atoms with Crippen molar-refractivity contribution in [1.82, 2.24) is 5.32 Å². The van der Waals surface area contributed by atoms with Gasteiger partial charge in [0.1, 0.15) is 12.8 Å². The van der Waals surface area contributed by atoms with E-state index in [2.05, 4.69) is 28.5 Å². The molecule has 0 saturated heterocycles. The Morgan fingerprint density at radius 2 is 1.17 bits per heavy atom. The van der Waals surface area contributed by atoms with Crippen LogP contribution in [0.15, 0.2) is 41.6 Å². The number of benzene rings is 1. The Labute approximate surface area is 278 Å². The van der Waals surface area contributed by atoms with Gasteiger partial charge in [-0.3, -0.25) is 14.4 Å². The molecule has 0 radical (unpaired) electrons. The van der Waals surface area contributed by atoms with Gasteiger partial charge in [-0.25, -0.2) is 4.99 Å². The lowest BCUT2D eigenvalue weighted by molar-refractivity contribution is -0.143. The maximum atomic E-state index is 12.7. The number of aliphatic imine (C=N–C) groups is 1. The standard InChI is InChI=1S/C26H42N2O4.C8H14O3.C2H6O/c1-4-7-8-9-10-11-12-13-14-17-20-27-26(30)22-18-15-16-19-23(22)28-24(31-5-2)21-25(29)32-6-3;1-4-10-7(3)6-8(9)11-5-2;1-2-3/h15-16,18-19H,4-14,17,20-21H2,1-3H3,(H,27,30);3-6H2,1-2H3;3H,2H2,1H3. The summed E-state index contributed by atoms with van der Waals surface area (Å²) in [5, 5.41) is 10.6. The second-order valence-corrected chi connectivity index (χ2v) is 10.1. The maximum absolute atomic E-state index is 12.7. The zero-order valence-electron chi connectivity index (χ0n) is 29.5. The van der Waals surface area contributed by atoms with E-state index in [0.29, 0.717) is 50.0 Å². The van der Waals surface area contributed by atoms with E-state index in [9.17, 15) is 14.4 Å². The van der Waals surface area contributed by atoms with Crippen LogP contribution in [0.25, 0.3) is 0 Å². The van der Waals surface area contributed by atoms with Crippen molar-refractivity contribution in [3.8, 4) is 0 Å². The lowest BCUT2D eigenvalue weighted by Crippen LogP contribution is -2.24. The quantitative estimate of drug-likeness (QED) is 0.0426. The molecule has 0 bridgehead atoms. The van der Waals surface area contributed by atoms with E-state index < -0.39 is 5.97 Å². The summed E-state index contributed by atoms with van der Waals surface area (Å²) in [5.74, 6) is -0.132. The number of nitrogens with zero attached hydrogens (tertiary/aromatic N) is 1. The summed E-state index contributed by atoms with van der Waals surface area (Å²) in [7, 11) is 0. The minimum absolute atomic E-state index is 0.0593.